The van der Waals surface area contributed by atoms with Crippen LogP contribution in [0.25, 0.3) is 0 Å². The minimum absolute atomic E-state index is 0.0225. The van der Waals surface area contributed by atoms with Crippen LogP contribution in [0.15, 0.2) is 35.1 Å². The van der Waals surface area contributed by atoms with E-state index in [1.165, 1.54) is 12.5 Å². The molecule has 26 heavy (non-hydrogen) atoms. The quantitative estimate of drug-likeness (QED) is 0.589. The van der Waals surface area contributed by atoms with Crippen LogP contribution in [0.1, 0.15) is 59.3 Å². The van der Waals surface area contributed by atoms with Crippen molar-refractivity contribution < 1.29 is 19.8 Å². The Kier molecular flexibility index (Phi) is 4.76. The summed E-state index contributed by atoms with van der Waals surface area (Å²) in [6, 6.07) is 0. The van der Waals surface area contributed by atoms with Crippen molar-refractivity contribution in [2.75, 3.05) is 6.61 Å². The molecule has 142 valence electrons. The molecule has 4 nitrogen and oxygen atoms in total. The van der Waals surface area contributed by atoms with Crippen molar-refractivity contribution >= 4 is 11.6 Å². The largest absolute Gasteiger partial charge is 0.504 e. The van der Waals surface area contributed by atoms with E-state index in [-0.39, 0.29) is 33.7 Å². The minimum atomic E-state index is -0.630. The van der Waals surface area contributed by atoms with Crippen LogP contribution in [0.3, 0.4) is 0 Å². The van der Waals surface area contributed by atoms with Crippen molar-refractivity contribution in [1.29, 1.82) is 0 Å². The second-order valence-electron chi connectivity index (χ2n) is 9.20. The number of carbonyl (C=O) groups excluding carboxylic acids is 2. The molecular formula is C22H30O4. The number of hydrogen-bond acceptors (Lipinski definition) is 4. The summed E-state index contributed by atoms with van der Waals surface area (Å²) < 4.78 is 0. The molecule has 3 rings (SSSR count). The Morgan fingerprint density at radius 3 is 2.58 bits per heavy atom. The zero-order valence-corrected chi connectivity index (χ0v) is 16.1. The van der Waals surface area contributed by atoms with Crippen LogP contribution in [0.5, 0.6) is 0 Å². The van der Waals surface area contributed by atoms with E-state index in [9.17, 15) is 19.8 Å². The van der Waals surface area contributed by atoms with Gasteiger partial charge in [-0.1, -0.05) is 39.3 Å². The monoisotopic (exact) mass is 358 g/mol. The maximum atomic E-state index is 12.5. The summed E-state index contributed by atoms with van der Waals surface area (Å²) in [5.41, 5.74) is 1.54. The molecule has 2 N–H and O–H groups in total. The van der Waals surface area contributed by atoms with Crippen LogP contribution in [0.2, 0.25) is 0 Å². The van der Waals surface area contributed by atoms with E-state index < -0.39 is 18.1 Å². The Bertz CT molecular complexity index is 724. The molecule has 0 unspecified atom stereocenters. The molecule has 3 aliphatic rings. The van der Waals surface area contributed by atoms with Gasteiger partial charge in [-0.15, -0.1) is 0 Å². The average Bonchev–Trinajstić information content (AvgIpc) is 2.56. The Balaban J connectivity index is 1.95. The summed E-state index contributed by atoms with van der Waals surface area (Å²) in [4.78, 5) is 24.7. The zero-order chi connectivity index (χ0) is 19.3. The van der Waals surface area contributed by atoms with Crippen LogP contribution in [-0.2, 0) is 9.59 Å². The maximum Gasteiger partial charge on any atom is 0.226 e. The van der Waals surface area contributed by atoms with Crippen molar-refractivity contribution in [3.8, 4) is 0 Å². The number of rotatable bonds is 3. The van der Waals surface area contributed by atoms with Crippen molar-refractivity contribution in [3.63, 3.8) is 0 Å². The van der Waals surface area contributed by atoms with E-state index in [1.807, 2.05) is 0 Å². The molecule has 0 aliphatic heterocycles. The normalized spacial score (nSPS) is 34.6. The van der Waals surface area contributed by atoms with Gasteiger partial charge in [0, 0.05) is 11.1 Å². The van der Waals surface area contributed by atoms with Gasteiger partial charge >= 0.3 is 0 Å². The summed E-state index contributed by atoms with van der Waals surface area (Å²) in [6.07, 6.45) is 7.02. The van der Waals surface area contributed by atoms with Gasteiger partial charge in [0.25, 0.3) is 0 Å². The van der Waals surface area contributed by atoms with E-state index in [4.69, 9.17) is 0 Å². The molecule has 3 atom stereocenters. The van der Waals surface area contributed by atoms with Gasteiger partial charge in [-0.05, 0) is 60.8 Å². The fourth-order valence-electron chi connectivity index (χ4n) is 5.89. The van der Waals surface area contributed by atoms with Gasteiger partial charge in [-0.2, -0.15) is 0 Å². The highest BCUT2D eigenvalue weighted by molar-refractivity contribution is 6.21. The van der Waals surface area contributed by atoms with Gasteiger partial charge in [0.1, 0.15) is 0 Å². The fraction of sp³-hybridized carbons (Fsp3) is 0.636. The van der Waals surface area contributed by atoms with Gasteiger partial charge in [-0.3, -0.25) is 9.59 Å². The first-order chi connectivity index (χ1) is 12.1. The molecule has 0 saturated heterocycles. The van der Waals surface area contributed by atoms with Crippen LogP contribution >= 0.6 is 0 Å². The van der Waals surface area contributed by atoms with Crippen LogP contribution in [-0.4, -0.2) is 28.4 Å². The Morgan fingerprint density at radius 2 is 1.92 bits per heavy atom. The number of allylic oxidation sites excluding steroid dienone is 4. The Morgan fingerprint density at radius 1 is 1.23 bits per heavy atom. The molecule has 0 aromatic heterocycles. The summed E-state index contributed by atoms with van der Waals surface area (Å²) in [6.45, 7) is 10.7. The topological polar surface area (TPSA) is 74.6 Å². The lowest BCUT2D eigenvalue weighted by atomic mass is 9.47. The predicted octanol–water partition coefficient (Wildman–Crippen LogP) is 4.06. The molecule has 3 aliphatic carbocycles. The number of carbonyl (C=O) groups is 2. The molecule has 2 fully saturated rings. The molecule has 0 spiro atoms. The van der Waals surface area contributed by atoms with Crippen LogP contribution in [0.4, 0.5) is 0 Å². The summed E-state index contributed by atoms with van der Waals surface area (Å²) in [5.74, 6) is -0.859. The first kappa shape index (κ1) is 19.1. The van der Waals surface area contributed by atoms with Gasteiger partial charge < -0.3 is 10.2 Å². The van der Waals surface area contributed by atoms with E-state index >= 15 is 0 Å². The van der Waals surface area contributed by atoms with Gasteiger partial charge in [-0.25, -0.2) is 0 Å². The summed E-state index contributed by atoms with van der Waals surface area (Å²) in [5, 5.41) is 19.5. The van der Waals surface area contributed by atoms with Crippen molar-refractivity contribution in [2.45, 2.75) is 59.3 Å². The molecule has 0 bridgehead atoms. The van der Waals surface area contributed by atoms with E-state index in [0.29, 0.717) is 12.3 Å². The lowest BCUT2D eigenvalue weighted by Crippen LogP contribution is -2.49. The molecule has 0 aromatic rings. The number of Topliss-reactive ketones (excluding diaryl/α,β-unsaturated/α-hetero) is 1. The highest BCUT2D eigenvalue weighted by Crippen LogP contribution is 2.62. The van der Waals surface area contributed by atoms with Crippen molar-refractivity contribution in [3.05, 3.63) is 35.1 Å². The number of aliphatic hydroxyl groups excluding tert-OH is 2. The van der Waals surface area contributed by atoms with Gasteiger partial charge in [0.2, 0.25) is 5.78 Å². The third kappa shape index (κ3) is 2.88. The Labute approximate surface area is 155 Å². The van der Waals surface area contributed by atoms with Crippen LogP contribution in [0, 0.1) is 22.7 Å². The second kappa shape index (κ2) is 6.49. The van der Waals surface area contributed by atoms with Crippen LogP contribution < -0.4 is 0 Å². The fourth-order valence-corrected chi connectivity index (χ4v) is 5.89. The first-order valence-corrected chi connectivity index (χ1v) is 9.62. The predicted molar refractivity (Wildman–Crippen MR) is 101 cm³/mol. The zero-order valence-electron chi connectivity index (χ0n) is 16.1. The SMILES string of the molecule is C=C1CC[C@@H]2C(C)(C)CCC[C@@]2(C)[C@@H]1CC1=C(O)C(=O)C(CO)=CC1=O. The highest BCUT2D eigenvalue weighted by atomic mass is 16.3. The van der Waals surface area contributed by atoms with E-state index in [0.717, 1.165) is 31.3 Å². The van der Waals surface area contributed by atoms with Crippen molar-refractivity contribution in [2.24, 2.45) is 22.7 Å². The molecule has 0 aromatic carbocycles. The smallest absolute Gasteiger partial charge is 0.226 e. The maximum absolute atomic E-state index is 12.5. The number of aliphatic hydroxyl groups is 2. The molecule has 2 saturated carbocycles. The summed E-state index contributed by atoms with van der Waals surface area (Å²) in [7, 11) is 0. The molecule has 0 amide bonds. The second-order valence-corrected chi connectivity index (χ2v) is 9.20. The third-order valence-corrected chi connectivity index (χ3v) is 7.29. The van der Waals surface area contributed by atoms with Crippen molar-refractivity contribution in [1.82, 2.24) is 0 Å². The molecule has 4 heteroatoms. The average molecular weight is 358 g/mol. The van der Waals surface area contributed by atoms with Gasteiger partial charge in [0.15, 0.2) is 11.5 Å². The lowest BCUT2D eigenvalue weighted by molar-refractivity contribution is -0.118. The number of ketones is 2. The van der Waals surface area contributed by atoms with Gasteiger partial charge in [0.05, 0.1) is 6.61 Å². The van der Waals surface area contributed by atoms with E-state index in [2.05, 4.69) is 27.4 Å². The standard InChI is InChI=1S/C22H30O4/c1-13-6-7-18-21(2,3)8-5-9-22(18,4)16(13)11-15-17(24)10-14(12-23)19(25)20(15)26/h10,16,18,23,26H,1,5-9,11-12H2,2-4H3/t16-,18-,22+/m1/s1. The Hall–Kier alpha value is -1.68. The minimum Gasteiger partial charge on any atom is -0.504 e. The summed E-state index contributed by atoms with van der Waals surface area (Å²) >= 11 is 0. The first-order valence-electron chi connectivity index (χ1n) is 9.62. The number of hydrogen-bond donors (Lipinski definition) is 2. The van der Waals surface area contributed by atoms with E-state index in [1.54, 1.807) is 0 Å². The number of fused-ring (bicyclic) bond motifs is 1. The lowest BCUT2D eigenvalue weighted by Gasteiger charge is -2.58. The molecule has 0 radical (unpaired) electrons. The third-order valence-electron chi connectivity index (χ3n) is 7.29. The highest BCUT2D eigenvalue weighted by Gasteiger charge is 2.53. The molecule has 0 heterocycles. The molecular weight excluding hydrogens is 328 g/mol.